The summed E-state index contributed by atoms with van der Waals surface area (Å²) in [4.78, 5) is 27.4. The molecule has 6 nitrogen and oxygen atoms in total. The van der Waals surface area contributed by atoms with E-state index in [0.717, 1.165) is 13.1 Å². The minimum Gasteiger partial charge on any atom is -0.338 e. The summed E-state index contributed by atoms with van der Waals surface area (Å²) in [6.07, 6.45) is 0. The van der Waals surface area contributed by atoms with Crippen LogP contribution in [0.5, 0.6) is 0 Å². The number of nitrogens with one attached hydrogen (secondary N) is 1. The van der Waals surface area contributed by atoms with Crippen LogP contribution in [0.4, 0.5) is 0 Å². The number of rotatable bonds is 1. The molecule has 0 saturated carbocycles. The van der Waals surface area contributed by atoms with E-state index in [1.165, 1.54) is 24.3 Å². The molecule has 3 heterocycles. The number of fused-ring (bicyclic) bond motifs is 3. The predicted molar refractivity (Wildman–Crippen MR) is 97.5 cm³/mol. The molecule has 27 heavy (non-hydrogen) atoms. The average Bonchev–Trinajstić information content (AvgIpc) is 3.28. The van der Waals surface area contributed by atoms with Crippen LogP contribution in [0.25, 0.3) is 0 Å². The van der Waals surface area contributed by atoms with E-state index in [-0.39, 0.29) is 32.6 Å². The second-order valence-corrected chi connectivity index (χ2v) is 9.31. The van der Waals surface area contributed by atoms with Gasteiger partial charge in [-0.15, -0.1) is 0 Å². The standard InChI is InChI=1S/C20H18N2O4S/c23-19-15-3-1-2-4-17(15)27(25,26)18-7-12(5-6-16(18)19)20(24)22-10-13-8-21-9-14(13)11-22/h1-7,13-14,21H,8-11H2/t13-,14+. The quantitative estimate of drug-likeness (QED) is 0.687. The fraction of sp³-hybridized carbons (Fsp3) is 0.300. The lowest BCUT2D eigenvalue weighted by Gasteiger charge is -2.21. The molecule has 2 saturated heterocycles. The van der Waals surface area contributed by atoms with Crippen molar-refractivity contribution in [1.82, 2.24) is 10.2 Å². The third-order valence-electron chi connectivity index (χ3n) is 5.86. The first kappa shape index (κ1) is 16.6. The predicted octanol–water partition coefficient (Wildman–Crippen LogP) is 1.36. The number of hydrogen-bond acceptors (Lipinski definition) is 5. The molecule has 1 amide bonds. The zero-order valence-corrected chi connectivity index (χ0v) is 15.3. The molecule has 138 valence electrons. The molecule has 0 radical (unpaired) electrons. The first-order valence-electron chi connectivity index (χ1n) is 8.99. The van der Waals surface area contributed by atoms with Gasteiger partial charge in [-0.25, -0.2) is 8.42 Å². The molecule has 1 N–H and O–H groups in total. The largest absolute Gasteiger partial charge is 0.338 e. The average molecular weight is 382 g/mol. The van der Waals surface area contributed by atoms with Gasteiger partial charge in [-0.05, 0) is 42.2 Å². The van der Waals surface area contributed by atoms with Crippen molar-refractivity contribution in [2.75, 3.05) is 26.2 Å². The van der Waals surface area contributed by atoms with Gasteiger partial charge in [-0.1, -0.05) is 12.1 Å². The number of sulfone groups is 1. The minimum absolute atomic E-state index is 0.00822. The third-order valence-corrected chi connectivity index (χ3v) is 7.71. The second kappa shape index (κ2) is 5.74. The summed E-state index contributed by atoms with van der Waals surface area (Å²) in [5.74, 6) is 0.428. The molecule has 3 aliphatic rings. The fourth-order valence-electron chi connectivity index (χ4n) is 4.42. The maximum absolute atomic E-state index is 13.0. The molecule has 0 spiro atoms. The lowest BCUT2D eigenvalue weighted by Crippen LogP contribution is -2.32. The van der Waals surface area contributed by atoms with Crippen LogP contribution in [-0.2, 0) is 9.84 Å². The van der Waals surface area contributed by atoms with E-state index in [0.29, 0.717) is 30.5 Å². The Morgan fingerprint density at radius 2 is 1.63 bits per heavy atom. The smallest absolute Gasteiger partial charge is 0.253 e. The van der Waals surface area contributed by atoms with E-state index in [2.05, 4.69) is 5.32 Å². The highest BCUT2D eigenvalue weighted by Gasteiger charge is 2.39. The SMILES string of the molecule is O=C1c2ccccc2S(=O)(=O)c2cc(C(=O)N3C[C@H]4CNC[C@H]4C3)ccc21. The third kappa shape index (κ3) is 2.38. The van der Waals surface area contributed by atoms with Gasteiger partial charge in [-0.3, -0.25) is 9.59 Å². The number of amides is 1. The molecule has 2 aromatic rings. The van der Waals surface area contributed by atoms with Crippen molar-refractivity contribution in [3.63, 3.8) is 0 Å². The van der Waals surface area contributed by atoms with Crippen LogP contribution < -0.4 is 5.32 Å². The van der Waals surface area contributed by atoms with Crippen molar-refractivity contribution < 1.29 is 18.0 Å². The van der Waals surface area contributed by atoms with Crippen LogP contribution >= 0.6 is 0 Å². The molecule has 2 atom stereocenters. The van der Waals surface area contributed by atoms with Crippen molar-refractivity contribution in [2.45, 2.75) is 9.79 Å². The zero-order valence-electron chi connectivity index (χ0n) is 14.5. The number of carbonyl (C=O) groups is 2. The molecule has 0 unspecified atom stereocenters. The van der Waals surface area contributed by atoms with Crippen molar-refractivity contribution in [3.8, 4) is 0 Å². The van der Waals surface area contributed by atoms with E-state index in [9.17, 15) is 18.0 Å². The van der Waals surface area contributed by atoms with Crippen LogP contribution in [0.1, 0.15) is 26.3 Å². The summed E-state index contributed by atoms with van der Waals surface area (Å²) in [6, 6.07) is 10.6. The Hall–Kier alpha value is -2.51. The summed E-state index contributed by atoms with van der Waals surface area (Å²) in [7, 11) is -3.83. The molecule has 7 heteroatoms. The minimum atomic E-state index is -3.83. The number of hydrogen-bond donors (Lipinski definition) is 1. The van der Waals surface area contributed by atoms with Gasteiger partial charge in [0.05, 0.1) is 9.79 Å². The van der Waals surface area contributed by atoms with Crippen molar-refractivity contribution in [1.29, 1.82) is 0 Å². The Bertz CT molecular complexity index is 1080. The topological polar surface area (TPSA) is 83.5 Å². The summed E-state index contributed by atoms with van der Waals surface area (Å²) >= 11 is 0. The van der Waals surface area contributed by atoms with Crippen molar-refractivity contribution >= 4 is 21.5 Å². The van der Waals surface area contributed by atoms with E-state index in [1.807, 2.05) is 0 Å². The lowest BCUT2D eigenvalue weighted by molar-refractivity contribution is 0.0781. The van der Waals surface area contributed by atoms with Crippen molar-refractivity contribution in [3.05, 3.63) is 59.2 Å². The van der Waals surface area contributed by atoms with Gasteiger partial charge in [0, 0.05) is 42.9 Å². The van der Waals surface area contributed by atoms with Crippen LogP contribution in [-0.4, -0.2) is 51.2 Å². The molecule has 2 aromatic carbocycles. The molecule has 5 rings (SSSR count). The first-order chi connectivity index (χ1) is 13.0. The number of nitrogens with zero attached hydrogens (tertiary/aromatic N) is 1. The van der Waals surface area contributed by atoms with E-state index >= 15 is 0 Å². The molecular formula is C20H18N2O4S. The Balaban J connectivity index is 1.54. The van der Waals surface area contributed by atoms with Gasteiger partial charge >= 0.3 is 0 Å². The normalized spacial score (nSPS) is 25.0. The Labute approximate surface area is 157 Å². The lowest BCUT2D eigenvalue weighted by atomic mass is 10.0. The first-order valence-corrected chi connectivity index (χ1v) is 10.5. The molecule has 0 aromatic heterocycles. The molecule has 0 bridgehead atoms. The van der Waals surface area contributed by atoms with Gasteiger partial charge in [0.2, 0.25) is 9.84 Å². The molecule has 0 aliphatic carbocycles. The number of likely N-dealkylation sites (tertiary alicyclic amines) is 1. The zero-order chi connectivity index (χ0) is 18.8. The number of ketones is 1. The highest BCUT2D eigenvalue weighted by atomic mass is 32.2. The summed E-state index contributed by atoms with van der Waals surface area (Å²) in [5, 5.41) is 3.33. The Morgan fingerprint density at radius 3 is 2.37 bits per heavy atom. The second-order valence-electron chi connectivity index (χ2n) is 7.43. The summed E-state index contributed by atoms with van der Waals surface area (Å²) in [5.41, 5.74) is 0.633. The van der Waals surface area contributed by atoms with Crippen LogP contribution in [0, 0.1) is 11.8 Å². The monoisotopic (exact) mass is 382 g/mol. The highest BCUT2D eigenvalue weighted by Crippen LogP contribution is 2.35. The van der Waals surface area contributed by atoms with E-state index in [1.54, 1.807) is 23.1 Å². The highest BCUT2D eigenvalue weighted by molar-refractivity contribution is 7.91. The van der Waals surface area contributed by atoms with Gasteiger partial charge in [0.25, 0.3) is 5.91 Å². The van der Waals surface area contributed by atoms with Gasteiger partial charge in [-0.2, -0.15) is 0 Å². The number of benzene rings is 2. The number of carbonyl (C=O) groups excluding carboxylic acids is 2. The Morgan fingerprint density at radius 1 is 0.963 bits per heavy atom. The van der Waals surface area contributed by atoms with Gasteiger partial charge in [0.15, 0.2) is 5.78 Å². The van der Waals surface area contributed by atoms with Crippen LogP contribution in [0.2, 0.25) is 0 Å². The molecular weight excluding hydrogens is 364 g/mol. The maximum atomic E-state index is 13.0. The Kier molecular flexibility index (Phi) is 3.54. The fourth-order valence-corrected chi connectivity index (χ4v) is 6.10. The van der Waals surface area contributed by atoms with Crippen LogP contribution in [0.15, 0.2) is 52.3 Å². The van der Waals surface area contributed by atoms with Gasteiger partial charge < -0.3 is 10.2 Å². The van der Waals surface area contributed by atoms with E-state index in [4.69, 9.17) is 0 Å². The van der Waals surface area contributed by atoms with Gasteiger partial charge in [0.1, 0.15) is 0 Å². The molecule has 2 fully saturated rings. The maximum Gasteiger partial charge on any atom is 0.253 e. The summed E-state index contributed by atoms with van der Waals surface area (Å²) < 4.78 is 26.0. The van der Waals surface area contributed by atoms with Crippen molar-refractivity contribution in [2.24, 2.45) is 11.8 Å². The van der Waals surface area contributed by atoms with Crippen LogP contribution in [0.3, 0.4) is 0 Å². The van der Waals surface area contributed by atoms with E-state index < -0.39 is 9.84 Å². The molecule has 3 aliphatic heterocycles. The summed E-state index contributed by atoms with van der Waals surface area (Å²) in [6.45, 7) is 3.20.